The van der Waals surface area contributed by atoms with E-state index in [9.17, 15) is 14.4 Å². The lowest BCUT2D eigenvalue weighted by molar-refractivity contribution is -0.123. The number of fused-ring (bicyclic) bond motifs is 4. The van der Waals surface area contributed by atoms with Gasteiger partial charge in [0.25, 0.3) is 5.56 Å². The van der Waals surface area contributed by atoms with Gasteiger partial charge in [0.2, 0.25) is 5.91 Å². The molecule has 2 bridgehead atoms. The summed E-state index contributed by atoms with van der Waals surface area (Å²) in [5.41, 5.74) is 2.48. The molecule has 1 aromatic heterocycles. The number of allylic oxidation sites excluding steroid dienone is 1. The molecule has 0 aromatic carbocycles. The first kappa shape index (κ1) is 22.6. The van der Waals surface area contributed by atoms with Gasteiger partial charge in [0, 0.05) is 43.9 Å². The second kappa shape index (κ2) is 9.92. The van der Waals surface area contributed by atoms with Crippen LogP contribution < -0.4 is 16.2 Å². The van der Waals surface area contributed by atoms with Gasteiger partial charge >= 0.3 is 6.03 Å². The summed E-state index contributed by atoms with van der Waals surface area (Å²) >= 11 is 0. The number of piperidine rings is 1. The summed E-state index contributed by atoms with van der Waals surface area (Å²) in [7, 11) is 0. The third-order valence-electron chi connectivity index (χ3n) is 7.13. The SMILES string of the molecule is CC(C)C(NC(=O)N1CC2CC(C1)c1cccc(=O)n1C2)C(=O)NCCC1=CCCCC1. The van der Waals surface area contributed by atoms with Gasteiger partial charge in [-0.05, 0) is 56.4 Å². The molecule has 3 amide bonds. The quantitative estimate of drug-likeness (QED) is 0.667. The first-order valence-corrected chi connectivity index (χ1v) is 12.1. The van der Waals surface area contributed by atoms with Crippen LogP contribution in [0.5, 0.6) is 0 Å². The van der Waals surface area contributed by atoms with Gasteiger partial charge in [-0.2, -0.15) is 0 Å². The fourth-order valence-electron chi connectivity index (χ4n) is 5.41. The van der Waals surface area contributed by atoms with Crippen molar-refractivity contribution in [3.63, 3.8) is 0 Å². The van der Waals surface area contributed by atoms with Gasteiger partial charge in [0.1, 0.15) is 6.04 Å². The number of rotatable bonds is 6. The molecule has 7 nitrogen and oxygen atoms in total. The largest absolute Gasteiger partial charge is 0.354 e. The monoisotopic (exact) mass is 440 g/mol. The first-order valence-electron chi connectivity index (χ1n) is 12.1. The van der Waals surface area contributed by atoms with Crippen LogP contribution in [0.1, 0.15) is 64.0 Å². The summed E-state index contributed by atoms with van der Waals surface area (Å²) in [5.74, 6) is 0.315. The highest BCUT2D eigenvalue weighted by atomic mass is 16.2. The number of carbonyl (C=O) groups excluding carboxylic acids is 2. The molecule has 2 aliphatic heterocycles. The van der Waals surface area contributed by atoms with Gasteiger partial charge in [0.05, 0.1) is 0 Å². The fourth-order valence-corrected chi connectivity index (χ4v) is 5.41. The second-order valence-electron chi connectivity index (χ2n) is 9.92. The standard InChI is InChI=1S/C25H36N4O3/c1-17(2)23(24(31)26-12-11-18-7-4-3-5-8-18)27-25(32)28-14-19-13-20(16-28)21-9-6-10-22(30)29(21)15-19/h6-7,9-10,17,19-20,23H,3-5,8,11-16H2,1-2H3,(H,26,31)(H,27,32). The minimum atomic E-state index is -0.556. The Kier molecular flexibility index (Phi) is 7.01. The van der Waals surface area contributed by atoms with Gasteiger partial charge in [0.15, 0.2) is 0 Å². The number of carbonyl (C=O) groups is 2. The predicted molar refractivity (Wildman–Crippen MR) is 124 cm³/mol. The summed E-state index contributed by atoms with van der Waals surface area (Å²) in [6.45, 7) is 6.38. The molecule has 1 aromatic rings. The molecule has 1 saturated heterocycles. The molecule has 2 N–H and O–H groups in total. The number of nitrogens with one attached hydrogen (secondary N) is 2. The number of hydrogen-bond acceptors (Lipinski definition) is 3. The average molecular weight is 441 g/mol. The number of urea groups is 1. The van der Waals surface area contributed by atoms with Gasteiger partial charge < -0.3 is 20.1 Å². The summed E-state index contributed by atoms with van der Waals surface area (Å²) in [5, 5.41) is 6.02. The van der Waals surface area contributed by atoms with Crippen LogP contribution in [0.15, 0.2) is 34.6 Å². The average Bonchev–Trinajstić information content (AvgIpc) is 2.78. The van der Waals surface area contributed by atoms with Crippen LogP contribution >= 0.6 is 0 Å². The van der Waals surface area contributed by atoms with Crippen LogP contribution in [0.25, 0.3) is 0 Å². The molecule has 1 fully saturated rings. The van der Waals surface area contributed by atoms with Crippen molar-refractivity contribution in [2.45, 2.75) is 70.9 Å². The number of amides is 3. The highest BCUT2D eigenvalue weighted by Crippen LogP contribution is 2.34. The molecule has 7 heteroatoms. The van der Waals surface area contributed by atoms with Crippen molar-refractivity contribution < 1.29 is 9.59 Å². The molecular formula is C25H36N4O3. The van der Waals surface area contributed by atoms with E-state index < -0.39 is 6.04 Å². The Morgan fingerprint density at radius 2 is 2.00 bits per heavy atom. The van der Waals surface area contributed by atoms with Gasteiger partial charge in [-0.25, -0.2) is 4.79 Å². The molecular weight excluding hydrogens is 404 g/mol. The Morgan fingerprint density at radius 3 is 2.75 bits per heavy atom. The lowest BCUT2D eigenvalue weighted by Gasteiger charge is -2.43. The molecule has 1 aliphatic carbocycles. The molecule has 0 saturated carbocycles. The molecule has 3 aliphatic rings. The van der Waals surface area contributed by atoms with Crippen molar-refractivity contribution in [3.05, 3.63) is 45.9 Å². The molecule has 174 valence electrons. The minimum Gasteiger partial charge on any atom is -0.354 e. The number of aromatic nitrogens is 1. The number of likely N-dealkylation sites (tertiary alicyclic amines) is 1. The van der Waals surface area contributed by atoms with Crippen molar-refractivity contribution in [2.75, 3.05) is 19.6 Å². The van der Waals surface area contributed by atoms with Gasteiger partial charge in [-0.15, -0.1) is 0 Å². The molecule has 32 heavy (non-hydrogen) atoms. The number of pyridine rings is 1. The van der Waals surface area contributed by atoms with Gasteiger partial charge in [-0.1, -0.05) is 31.6 Å². The molecule has 4 rings (SSSR count). The lowest BCUT2D eigenvalue weighted by Crippen LogP contribution is -2.57. The van der Waals surface area contributed by atoms with E-state index in [2.05, 4.69) is 16.7 Å². The summed E-state index contributed by atoms with van der Waals surface area (Å²) in [4.78, 5) is 40.0. The first-order chi connectivity index (χ1) is 15.4. The van der Waals surface area contributed by atoms with Crippen molar-refractivity contribution >= 4 is 11.9 Å². The van der Waals surface area contributed by atoms with E-state index in [0.717, 1.165) is 31.4 Å². The van der Waals surface area contributed by atoms with Crippen molar-refractivity contribution in [1.29, 1.82) is 0 Å². The van der Waals surface area contributed by atoms with Crippen molar-refractivity contribution in [2.24, 2.45) is 11.8 Å². The highest BCUT2D eigenvalue weighted by molar-refractivity contribution is 5.87. The maximum absolute atomic E-state index is 13.1. The van der Waals surface area contributed by atoms with E-state index in [1.807, 2.05) is 29.4 Å². The van der Waals surface area contributed by atoms with Crippen molar-refractivity contribution in [3.8, 4) is 0 Å². The normalized spacial score (nSPS) is 23.2. The highest BCUT2D eigenvalue weighted by Gasteiger charge is 2.37. The van der Waals surface area contributed by atoms with E-state index >= 15 is 0 Å². The third kappa shape index (κ3) is 5.08. The summed E-state index contributed by atoms with van der Waals surface area (Å²) in [6.07, 6.45) is 8.96. The van der Waals surface area contributed by atoms with Crippen molar-refractivity contribution in [1.82, 2.24) is 20.1 Å². The Balaban J connectivity index is 1.34. The predicted octanol–water partition coefficient (Wildman–Crippen LogP) is 3.01. The topological polar surface area (TPSA) is 83.4 Å². The number of hydrogen-bond donors (Lipinski definition) is 2. The molecule has 0 spiro atoms. The fraction of sp³-hybridized carbons (Fsp3) is 0.640. The maximum Gasteiger partial charge on any atom is 0.318 e. The Morgan fingerprint density at radius 1 is 1.16 bits per heavy atom. The zero-order valence-corrected chi connectivity index (χ0v) is 19.3. The third-order valence-corrected chi connectivity index (χ3v) is 7.13. The molecule has 0 radical (unpaired) electrons. The lowest BCUT2D eigenvalue weighted by atomic mass is 9.83. The maximum atomic E-state index is 13.1. The van der Waals surface area contributed by atoms with E-state index in [0.29, 0.717) is 26.2 Å². The Labute approximate surface area is 190 Å². The molecule has 3 unspecified atom stereocenters. The van der Waals surface area contributed by atoms with Crippen LogP contribution in [0.2, 0.25) is 0 Å². The van der Waals surface area contributed by atoms with Gasteiger partial charge in [-0.3, -0.25) is 9.59 Å². The minimum absolute atomic E-state index is 0.00330. The van der Waals surface area contributed by atoms with E-state index in [-0.39, 0.29) is 35.3 Å². The van der Waals surface area contributed by atoms with E-state index in [1.54, 1.807) is 12.1 Å². The Hall–Kier alpha value is -2.57. The molecule has 3 heterocycles. The zero-order valence-electron chi connectivity index (χ0n) is 19.3. The van der Waals surface area contributed by atoms with Crippen LogP contribution in [0.3, 0.4) is 0 Å². The zero-order chi connectivity index (χ0) is 22.7. The van der Waals surface area contributed by atoms with Crippen LogP contribution in [0.4, 0.5) is 4.79 Å². The second-order valence-corrected chi connectivity index (χ2v) is 9.92. The van der Waals surface area contributed by atoms with Crippen LogP contribution in [-0.4, -0.2) is 47.1 Å². The van der Waals surface area contributed by atoms with E-state index in [4.69, 9.17) is 0 Å². The van der Waals surface area contributed by atoms with Crippen LogP contribution in [-0.2, 0) is 11.3 Å². The smallest absolute Gasteiger partial charge is 0.318 e. The summed E-state index contributed by atoms with van der Waals surface area (Å²) in [6, 6.07) is 4.66. The molecule has 3 atom stereocenters. The van der Waals surface area contributed by atoms with E-state index in [1.165, 1.54) is 18.4 Å². The Bertz CT molecular complexity index is 935. The summed E-state index contributed by atoms with van der Waals surface area (Å²) < 4.78 is 1.86. The number of nitrogens with zero attached hydrogens (tertiary/aromatic N) is 2. The van der Waals surface area contributed by atoms with Crippen LogP contribution in [0, 0.1) is 11.8 Å².